The topological polar surface area (TPSA) is 78.3 Å². The summed E-state index contributed by atoms with van der Waals surface area (Å²) in [5, 5.41) is 8.68. The first-order valence-electron chi connectivity index (χ1n) is 10.7. The number of carbonyl (C=O) groups is 1. The van der Waals surface area contributed by atoms with Crippen LogP contribution in [-0.2, 0) is 9.53 Å². The third kappa shape index (κ3) is 5.44. The number of anilines is 1. The van der Waals surface area contributed by atoms with Gasteiger partial charge in [0.1, 0.15) is 11.8 Å². The van der Waals surface area contributed by atoms with Crippen LogP contribution in [0.3, 0.4) is 0 Å². The van der Waals surface area contributed by atoms with Crippen molar-refractivity contribution in [2.24, 2.45) is 0 Å². The third-order valence-corrected chi connectivity index (χ3v) is 6.20. The van der Waals surface area contributed by atoms with Crippen LogP contribution in [-0.4, -0.2) is 39.7 Å². The van der Waals surface area contributed by atoms with Crippen LogP contribution in [0.25, 0.3) is 0 Å². The molecule has 2 aromatic rings. The minimum absolute atomic E-state index is 0.294. The fourth-order valence-corrected chi connectivity index (χ4v) is 4.63. The molecule has 1 aliphatic rings. The first-order chi connectivity index (χ1) is 15.0. The van der Waals surface area contributed by atoms with Crippen molar-refractivity contribution in [1.82, 2.24) is 14.8 Å². The van der Waals surface area contributed by atoms with E-state index in [1.165, 1.54) is 0 Å². The smallest absolute Gasteiger partial charge is 0.338 e. The number of benzene rings is 1. The van der Waals surface area contributed by atoms with Crippen molar-refractivity contribution >= 4 is 39.6 Å². The lowest BCUT2D eigenvalue weighted by Gasteiger charge is -2.29. The lowest BCUT2D eigenvalue weighted by molar-refractivity contribution is -0.139. The molecule has 0 saturated heterocycles. The highest BCUT2D eigenvalue weighted by Gasteiger charge is 2.37. The number of thioether (sulfide) groups is 1. The Morgan fingerprint density at radius 3 is 2.81 bits per heavy atom. The predicted molar refractivity (Wildman–Crippen MR) is 127 cm³/mol. The van der Waals surface area contributed by atoms with Crippen LogP contribution in [0.2, 0.25) is 0 Å². The van der Waals surface area contributed by atoms with Crippen molar-refractivity contribution in [3.05, 3.63) is 39.5 Å². The molecule has 3 rings (SSSR count). The van der Waals surface area contributed by atoms with Gasteiger partial charge in [0.05, 0.1) is 18.8 Å². The molecule has 1 aromatic carbocycles. The number of nitrogens with one attached hydrogen (secondary N) is 1. The van der Waals surface area contributed by atoms with Crippen LogP contribution in [0, 0.1) is 0 Å². The number of carbonyl (C=O) groups excluding carboxylic acids is 1. The Hall–Kier alpha value is -2.00. The summed E-state index contributed by atoms with van der Waals surface area (Å²) in [6, 6.07) is 5.32. The zero-order valence-corrected chi connectivity index (χ0v) is 20.8. The van der Waals surface area contributed by atoms with Crippen LogP contribution >= 0.6 is 27.7 Å². The van der Waals surface area contributed by atoms with Crippen LogP contribution < -0.4 is 10.1 Å². The Morgan fingerprint density at radius 2 is 2.10 bits per heavy atom. The third-order valence-electron chi connectivity index (χ3n) is 4.79. The van der Waals surface area contributed by atoms with Crippen molar-refractivity contribution in [3.63, 3.8) is 0 Å². The lowest BCUT2D eigenvalue weighted by Crippen LogP contribution is -2.30. The minimum Gasteiger partial charge on any atom is -0.493 e. The lowest BCUT2D eigenvalue weighted by atomic mass is 9.95. The van der Waals surface area contributed by atoms with E-state index in [9.17, 15) is 4.79 Å². The molecule has 0 amide bonds. The standard InChI is InChI=1S/C22H29BrN4O3S/c1-5-8-12-31-22-25-21-24-14(4)18(20(28)29-7-3)19(27(21)26-22)16-13-15(23)9-10-17(16)30-11-6-2/h9-10,13,19H,5-8,11-12H2,1-4H3,(H,24,25,26). The molecule has 1 aromatic heterocycles. The largest absolute Gasteiger partial charge is 0.493 e. The SMILES string of the molecule is CCCCSc1nc2n(n1)C(c1cc(Br)ccc1OCCC)C(C(=O)OCC)=C(C)N2. The van der Waals surface area contributed by atoms with Gasteiger partial charge in [0.2, 0.25) is 11.1 Å². The number of allylic oxidation sites excluding steroid dienone is 1. The number of halogens is 1. The molecule has 0 aliphatic carbocycles. The number of esters is 1. The number of fused-ring (bicyclic) bond motifs is 1. The molecule has 1 atom stereocenters. The van der Waals surface area contributed by atoms with Crippen molar-refractivity contribution in [2.45, 2.75) is 58.2 Å². The summed E-state index contributed by atoms with van der Waals surface area (Å²) >= 11 is 5.19. The molecule has 1 N–H and O–H groups in total. The van der Waals surface area contributed by atoms with Crippen molar-refractivity contribution in [2.75, 3.05) is 24.3 Å². The summed E-state index contributed by atoms with van der Waals surface area (Å²) in [5.41, 5.74) is 2.04. The molecule has 7 nitrogen and oxygen atoms in total. The molecule has 2 heterocycles. The average molecular weight is 509 g/mol. The fourth-order valence-electron chi connectivity index (χ4n) is 3.34. The van der Waals surface area contributed by atoms with Gasteiger partial charge in [0.25, 0.3) is 0 Å². The Balaban J connectivity index is 2.12. The molecule has 31 heavy (non-hydrogen) atoms. The highest BCUT2D eigenvalue weighted by Crippen LogP contribution is 2.41. The monoisotopic (exact) mass is 508 g/mol. The summed E-state index contributed by atoms with van der Waals surface area (Å²) in [4.78, 5) is 17.7. The van der Waals surface area contributed by atoms with Gasteiger partial charge in [0.15, 0.2) is 0 Å². The Bertz CT molecular complexity index is 960. The van der Waals surface area contributed by atoms with Crippen LogP contribution in [0.5, 0.6) is 5.75 Å². The van der Waals surface area contributed by atoms with Crippen molar-refractivity contribution < 1.29 is 14.3 Å². The number of nitrogens with zero attached hydrogens (tertiary/aromatic N) is 3. The Labute approximate surface area is 196 Å². The molecule has 9 heteroatoms. The van der Waals surface area contributed by atoms with E-state index in [4.69, 9.17) is 14.6 Å². The van der Waals surface area contributed by atoms with Crippen molar-refractivity contribution in [3.8, 4) is 5.75 Å². The van der Waals surface area contributed by atoms with Gasteiger partial charge >= 0.3 is 5.97 Å². The molecule has 0 spiro atoms. The summed E-state index contributed by atoms with van der Waals surface area (Å²) in [6.07, 6.45) is 3.09. The van der Waals surface area contributed by atoms with Crippen LogP contribution in [0.1, 0.15) is 58.6 Å². The summed E-state index contributed by atoms with van der Waals surface area (Å²) in [6.45, 7) is 8.77. The molecule has 0 saturated carbocycles. The highest BCUT2D eigenvalue weighted by atomic mass is 79.9. The maximum Gasteiger partial charge on any atom is 0.338 e. The normalized spacial score (nSPS) is 15.5. The van der Waals surface area contributed by atoms with Gasteiger partial charge in [-0.1, -0.05) is 48.0 Å². The van der Waals surface area contributed by atoms with E-state index in [-0.39, 0.29) is 5.97 Å². The second-order valence-electron chi connectivity index (χ2n) is 7.18. The molecule has 0 bridgehead atoms. The molecule has 1 aliphatic heterocycles. The van der Waals surface area contributed by atoms with E-state index in [2.05, 4.69) is 40.1 Å². The molecular weight excluding hydrogens is 480 g/mol. The minimum atomic E-state index is -0.507. The van der Waals surface area contributed by atoms with Gasteiger partial charge in [-0.05, 0) is 44.9 Å². The van der Waals surface area contributed by atoms with Gasteiger partial charge in [-0.2, -0.15) is 4.98 Å². The van der Waals surface area contributed by atoms with Crippen LogP contribution in [0.15, 0.2) is 39.1 Å². The Morgan fingerprint density at radius 1 is 1.29 bits per heavy atom. The van der Waals surface area contributed by atoms with E-state index in [1.807, 2.05) is 25.1 Å². The summed E-state index contributed by atoms with van der Waals surface area (Å²) in [5.74, 6) is 1.90. The second kappa shape index (κ2) is 11.0. The number of rotatable bonds is 10. The molecule has 0 fully saturated rings. The number of unbranched alkanes of at least 4 members (excludes halogenated alkanes) is 1. The van der Waals surface area contributed by atoms with Gasteiger partial charge in [-0.25, -0.2) is 9.48 Å². The van der Waals surface area contributed by atoms with Crippen molar-refractivity contribution in [1.29, 1.82) is 0 Å². The molecular formula is C22H29BrN4O3S. The van der Waals surface area contributed by atoms with E-state index in [0.717, 1.165) is 35.1 Å². The van der Waals surface area contributed by atoms with E-state index >= 15 is 0 Å². The first-order valence-corrected chi connectivity index (χ1v) is 12.4. The van der Waals surface area contributed by atoms with E-state index in [0.29, 0.717) is 41.3 Å². The maximum atomic E-state index is 13.0. The number of aromatic nitrogens is 3. The average Bonchev–Trinajstić information content (AvgIpc) is 3.14. The Kier molecular flexibility index (Phi) is 8.43. The van der Waals surface area contributed by atoms with E-state index < -0.39 is 6.04 Å². The zero-order chi connectivity index (χ0) is 22.4. The molecule has 1 unspecified atom stereocenters. The zero-order valence-electron chi connectivity index (χ0n) is 18.4. The molecule has 168 valence electrons. The summed E-state index contributed by atoms with van der Waals surface area (Å²) in [7, 11) is 0. The number of ether oxygens (including phenoxy) is 2. The van der Waals surface area contributed by atoms with Gasteiger partial charge in [0, 0.05) is 21.5 Å². The quantitative estimate of drug-likeness (QED) is 0.255. The highest BCUT2D eigenvalue weighted by molar-refractivity contribution is 9.10. The van der Waals surface area contributed by atoms with E-state index in [1.54, 1.807) is 23.4 Å². The van der Waals surface area contributed by atoms with Gasteiger partial charge in [-0.15, -0.1) is 5.10 Å². The number of hydrogen-bond acceptors (Lipinski definition) is 7. The maximum absolute atomic E-state index is 13.0. The molecule has 0 radical (unpaired) electrons. The van der Waals surface area contributed by atoms with Gasteiger partial charge < -0.3 is 14.8 Å². The predicted octanol–water partition coefficient (Wildman–Crippen LogP) is 5.57. The fraction of sp³-hybridized carbons (Fsp3) is 0.500. The van der Waals surface area contributed by atoms with Crippen LogP contribution in [0.4, 0.5) is 5.95 Å². The number of hydrogen-bond donors (Lipinski definition) is 1. The second-order valence-corrected chi connectivity index (χ2v) is 9.16. The van der Waals surface area contributed by atoms with Gasteiger partial charge in [-0.3, -0.25) is 0 Å². The summed E-state index contributed by atoms with van der Waals surface area (Å²) < 4.78 is 14.1. The first kappa shape index (κ1) is 23.7.